The minimum atomic E-state index is -3.72. The highest BCUT2D eigenvalue weighted by Crippen LogP contribution is 2.35. The van der Waals surface area contributed by atoms with Gasteiger partial charge in [0.15, 0.2) is 0 Å². The van der Waals surface area contributed by atoms with Gasteiger partial charge in [0.05, 0.1) is 10.4 Å². The largest absolute Gasteiger partial charge is 0.366 e. The molecule has 0 aliphatic carbocycles. The van der Waals surface area contributed by atoms with Crippen molar-refractivity contribution in [3.8, 4) is 0 Å². The van der Waals surface area contributed by atoms with Crippen LogP contribution in [0.5, 0.6) is 0 Å². The molecular formula is C19H19N3O4S3. The first-order valence-electron chi connectivity index (χ1n) is 9.10. The van der Waals surface area contributed by atoms with Crippen molar-refractivity contribution in [1.29, 1.82) is 0 Å². The molecule has 1 aliphatic rings. The fraction of sp³-hybridized carbons (Fsp3) is 0.263. The molecule has 29 heavy (non-hydrogen) atoms. The lowest BCUT2D eigenvalue weighted by Crippen LogP contribution is -2.35. The zero-order chi connectivity index (χ0) is 20.6. The second kappa shape index (κ2) is 7.86. The second-order valence-electron chi connectivity index (χ2n) is 6.74. The van der Waals surface area contributed by atoms with E-state index in [0.29, 0.717) is 18.0 Å². The molecule has 0 bridgehead atoms. The van der Waals surface area contributed by atoms with Crippen LogP contribution in [-0.4, -0.2) is 37.6 Å². The predicted molar refractivity (Wildman–Crippen MR) is 115 cm³/mol. The third-order valence-electron chi connectivity index (χ3n) is 4.76. The highest BCUT2D eigenvalue weighted by atomic mass is 32.2. The van der Waals surface area contributed by atoms with Crippen molar-refractivity contribution >= 4 is 59.6 Å². The van der Waals surface area contributed by atoms with Crippen LogP contribution < -0.4 is 11.1 Å². The molecular weight excluding hydrogens is 430 g/mol. The minimum absolute atomic E-state index is 0.0000422. The van der Waals surface area contributed by atoms with Crippen LogP contribution in [0.1, 0.15) is 39.3 Å². The highest BCUT2D eigenvalue weighted by Gasteiger charge is 2.30. The molecule has 1 fully saturated rings. The van der Waals surface area contributed by atoms with Crippen LogP contribution in [-0.2, 0) is 10.0 Å². The lowest BCUT2D eigenvalue weighted by Gasteiger charge is -2.25. The lowest BCUT2D eigenvalue weighted by molar-refractivity contribution is 0.100. The van der Waals surface area contributed by atoms with Crippen LogP contribution in [0.3, 0.4) is 0 Å². The molecule has 3 aromatic rings. The predicted octanol–water partition coefficient (Wildman–Crippen LogP) is 3.49. The van der Waals surface area contributed by atoms with Gasteiger partial charge in [0.2, 0.25) is 0 Å². The van der Waals surface area contributed by atoms with E-state index in [4.69, 9.17) is 5.73 Å². The summed E-state index contributed by atoms with van der Waals surface area (Å²) in [6.07, 6.45) is 2.62. The van der Waals surface area contributed by atoms with E-state index in [1.54, 1.807) is 6.07 Å². The SMILES string of the molecule is NC(=O)c1cc(S(=O)(=O)N2CCCCC2)sc1NC(=O)c1cc2ccccc2s1. The third kappa shape index (κ3) is 3.93. The van der Waals surface area contributed by atoms with E-state index in [1.165, 1.54) is 21.7 Å². The number of nitrogens with two attached hydrogens (primary N) is 1. The Morgan fingerprint density at radius 1 is 1.03 bits per heavy atom. The lowest BCUT2D eigenvalue weighted by atomic mass is 10.2. The van der Waals surface area contributed by atoms with Gasteiger partial charge in [-0.1, -0.05) is 24.6 Å². The van der Waals surface area contributed by atoms with E-state index in [9.17, 15) is 18.0 Å². The van der Waals surface area contributed by atoms with Crippen LogP contribution in [0.4, 0.5) is 5.00 Å². The monoisotopic (exact) mass is 449 g/mol. The zero-order valence-electron chi connectivity index (χ0n) is 15.4. The summed E-state index contributed by atoms with van der Waals surface area (Å²) in [5, 5.41) is 3.76. The molecule has 152 valence electrons. The molecule has 1 aromatic carbocycles. The van der Waals surface area contributed by atoms with E-state index >= 15 is 0 Å². The first-order chi connectivity index (χ1) is 13.9. The summed E-state index contributed by atoms with van der Waals surface area (Å²) in [5.74, 6) is -1.19. The standard InChI is InChI=1S/C19H19N3O4S3/c20-17(23)13-11-16(29(25,26)22-8-4-1-5-9-22)28-19(13)21-18(24)15-10-12-6-2-3-7-14(12)27-15/h2-3,6-7,10-11H,1,4-5,8-9H2,(H2,20,23)(H,21,24). The van der Waals surface area contributed by atoms with Crippen LogP contribution >= 0.6 is 22.7 Å². The van der Waals surface area contributed by atoms with Gasteiger partial charge in [-0.25, -0.2) is 8.42 Å². The van der Waals surface area contributed by atoms with Gasteiger partial charge in [-0.05, 0) is 36.4 Å². The highest BCUT2D eigenvalue weighted by molar-refractivity contribution is 7.91. The average Bonchev–Trinajstić information content (AvgIpc) is 3.33. The molecule has 10 heteroatoms. The number of nitrogens with zero attached hydrogens (tertiary/aromatic N) is 1. The van der Waals surface area contributed by atoms with Gasteiger partial charge in [0, 0.05) is 17.8 Å². The van der Waals surface area contributed by atoms with Gasteiger partial charge in [-0.3, -0.25) is 9.59 Å². The van der Waals surface area contributed by atoms with Gasteiger partial charge in [0.25, 0.3) is 21.8 Å². The number of anilines is 1. The second-order valence-corrected chi connectivity index (χ2v) is 11.0. The molecule has 0 spiro atoms. The number of primary amides is 1. The number of nitrogens with one attached hydrogen (secondary N) is 1. The van der Waals surface area contributed by atoms with Crippen molar-refractivity contribution in [1.82, 2.24) is 4.31 Å². The van der Waals surface area contributed by atoms with Crippen molar-refractivity contribution in [2.75, 3.05) is 18.4 Å². The number of thiophene rings is 2. The number of hydrogen-bond acceptors (Lipinski definition) is 6. The summed E-state index contributed by atoms with van der Waals surface area (Å²) in [7, 11) is -3.72. The summed E-state index contributed by atoms with van der Waals surface area (Å²) in [4.78, 5) is 25.1. The number of rotatable bonds is 5. The number of hydrogen-bond donors (Lipinski definition) is 2. The number of sulfonamides is 1. The molecule has 7 nitrogen and oxygen atoms in total. The number of benzene rings is 1. The van der Waals surface area contributed by atoms with Gasteiger partial charge < -0.3 is 11.1 Å². The van der Waals surface area contributed by atoms with Crippen LogP contribution in [0.25, 0.3) is 10.1 Å². The van der Waals surface area contributed by atoms with Gasteiger partial charge >= 0.3 is 0 Å². The van der Waals surface area contributed by atoms with E-state index in [1.807, 2.05) is 24.3 Å². The first-order valence-corrected chi connectivity index (χ1v) is 12.2. The van der Waals surface area contributed by atoms with Crippen molar-refractivity contribution in [3.63, 3.8) is 0 Å². The maximum Gasteiger partial charge on any atom is 0.266 e. The average molecular weight is 450 g/mol. The molecule has 2 amide bonds. The van der Waals surface area contributed by atoms with Crippen molar-refractivity contribution in [2.24, 2.45) is 5.73 Å². The van der Waals surface area contributed by atoms with E-state index < -0.39 is 21.8 Å². The topological polar surface area (TPSA) is 110 Å². The third-order valence-corrected chi connectivity index (χ3v) is 9.27. The normalized spacial score (nSPS) is 15.4. The number of carbonyl (C=O) groups is 2. The zero-order valence-corrected chi connectivity index (χ0v) is 17.8. The number of carbonyl (C=O) groups excluding carboxylic acids is 2. The van der Waals surface area contributed by atoms with E-state index in [2.05, 4.69) is 5.32 Å². The fourth-order valence-corrected chi connectivity index (χ4v) is 7.26. The fourth-order valence-electron chi connectivity index (χ4n) is 3.26. The van der Waals surface area contributed by atoms with Crippen molar-refractivity contribution < 1.29 is 18.0 Å². The Bertz CT molecular complexity index is 1160. The van der Waals surface area contributed by atoms with E-state index in [-0.39, 0.29) is 14.8 Å². The minimum Gasteiger partial charge on any atom is -0.366 e. The van der Waals surface area contributed by atoms with E-state index in [0.717, 1.165) is 40.7 Å². The Kier molecular flexibility index (Phi) is 5.43. The first kappa shape index (κ1) is 20.0. The molecule has 1 aliphatic heterocycles. The van der Waals surface area contributed by atoms with Crippen molar-refractivity contribution in [3.05, 3.63) is 46.8 Å². The molecule has 1 saturated heterocycles. The van der Waals surface area contributed by atoms with Gasteiger partial charge in [0.1, 0.15) is 9.21 Å². The molecule has 2 aromatic heterocycles. The summed E-state index contributed by atoms with van der Waals surface area (Å²) in [5.41, 5.74) is 5.44. The summed E-state index contributed by atoms with van der Waals surface area (Å²) < 4.78 is 28.2. The van der Waals surface area contributed by atoms with Crippen LogP contribution in [0.15, 0.2) is 40.6 Å². The summed E-state index contributed by atoms with van der Waals surface area (Å²) in [6.45, 7) is 0.908. The van der Waals surface area contributed by atoms with Gasteiger partial charge in [-0.15, -0.1) is 22.7 Å². The van der Waals surface area contributed by atoms with Crippen LogP contribution in [0, 0.1) is 0 Å². The molecule has 4 rings (SSSR count). The molecule has 0 saturated carbocycles. The Morgan fingerprint density at radius 3 is 2.45 bits per heavy atom. The van der Waals surface area contributed by atoms with Crippen LogP contribution in [0.2, 0.25) is 0 Å². The van der Waals surface area contributed by atoms with Gasteiger partial charge in [-0.2, -0.15) is 4.31 Å². The molecule has 3 N–H and O–H groups in total. The number of amides is 2. The number of piperidine rings is 1. The molecule has 0 radical (unpaired) electrons. The smallest absolute Gasteiger partial charge is 0.266 e. The molecule has 0 unspecified atom stereocenters. The Labute approximate surface area is 176 Å². The Morgan fingerprint density at radius 2 is 1.76 bits per heavy atom. The maximum atomic E-state index is 12.9. The quantitative estimate of drug-likeness (QED) is 0.621. The summed E-state index contributed by atoms with van der Waals surface area (Å²) in [6, 6.07) is 10.6. The summed E-state index contributed by atoms with van der Waals surface area (Å²) >= 11 is 2.18. The molecule has 3 heterocycles. The van der Waals surface area contributed by atoms with Crippen molar-refractivity contribution in [2.45, 2.75) is 23.5 Å². The number of fused-ring (bicyclic) bond motifs is 1. The maximum absolute atomic E-state index is 12.9. The Balaban J connectivity index is 1.64. The molecule has 0 atom stereocenters. The Hall–Kier alpha value is -2.27.